The Morgan fingerprint density at radius 2 is 2.22 bits per heavy atom. The SMILES string of the molecule is CCOC(=O)c1ccc(OC)c2nc(N)ncc12. The van der Waals surface area contributed by atoms with Crippen molar-refractivity contribution in [1.29, 1.82) is 0 Å². The molecule has 6 nitrogen and oxygen atoms in total. The molecule has 1 aromatic heterocycles. The first-order valence-corrected chi connectivity index (χ1v) is 5.43. The van der Waals surface area contributed by atoms with Crippen molar-refractivity contribution >= 4 is 22.8 Å². The Hall–Kier alpha value is -2.37. The van der Waals surface area contributed by atoms with Gasteiger partial charge in [-0.25, -0.2) is 14.8 Å². The molecule has 0 atom stereocenters. The van der Waals surface area contributed by atoms with Crippen LogP contribution in [0, 0.1) is 0 Å². The second-order valence-corrected chi connectivity index (χ2v) is 3.53. The second kappa shape index (κ2) is 4.87. The smallest absolute Gasteiger partial charge is 0.338 e. The van der Waals surface area contributed by atoms with E-state index in [1.54, 1.807) is 19.1 Å². The maximum Gasteiger partial charge on any atom is 0.338 e. The molecule has 6 heteroatoms. The van der Waals surface area contributed by atoms with Crippen LogP contribution in [0.4, 0.5) is 5.95 Å². The Morgan fingerprint density at radius 3 is 2.89 bits per heavy atom. The highest BCUT2D eigenvalue weighted by Gasteiger charge is 2.15. The zero-order chi connectivity index (χ0) is 13.1. The molecule has 0 aliphatic rings. The number of nitrogens with zero attached hydrogens (tertiary/aromatic N) is 2. The molecule has 0 radical (unpaired) electrons. The number of hydrogen-bond acceptors (Lipinski definition) is 6. The van der Waals surface area contributed by atoms with Crippen LogP contribution in [0.15, 0.2) is 18.3 Å². The maximum absolute atomic E-state index is 11.8. The van der Waals surface area contributed by atoms with E-state index in [1.165, 1.54) is 13.3 Å². The Balaban J connectivity index is 2.66. The van der Waals surface area contributed by atoms with E-state index in [4.69, 9.17) is 15.2 Å². The van der Waals surface area contributed by atoms with Gasteiger partial charge in [-0.1, -0.05) is 0 Å². The third kappa shape index (κ3) is 2.04. The summed E-state index contributed by atoms with van der Waals surface area (Å²) >= 11 is 0. The summed E-state index contributed by atoms with van der Waals surface area (Å²) in [6, 6.07) is 3.28. The van der Waals surface area contributed by atoms with E-state index >= 15 is 0 Å². The molecule has 2 N–H and O–H groups in total. The fourth-order valence-electron chi connectivity index (χ4n) is 1.66. The summed E-state index contributed by atoms with van der Waals surface area (Å²) in [6.45, 7) is 2.06. The summed E-state index contributed by atoms with van der Waals surface area (Å²) in [7, 11) is 1.52. The van der Waals surface area contributed by atoms with Crippen LogP contribution >= 0.6 is 0 Å². The minimum atomic E-state index is -0.418. The Bertz CT molecular complexity index is 598. The van der Waals surface area contributed by atoms with Gasteiger partial charge in [0, 0.05) is 11.6 Å². The zero-order valence-electron chi connectivity index (χ0n) is 10.1. The molecule has 2 aromatic rings. The van der Waals surface area contributed by atoms with E-state index in [0.29, 0.717) is 28.8 Å². The minimum absolute atomic E-state index is 0.127. The molecule has 0 aliphatic heterocycles. The Kier molecular flexibility index (Phi) is 3.27. The molecular weight excluding hydrogens is 234 g/mol. The average Bonchev–Trinajstić information content (AvgIpc) is 2.37. The van der Waals surface area contributed by atoms with Crippen molar-refractivity contribution in [2.75, 3.05) is 19.5 Å². The van der Waals surface area contributed by atoms with Gasteiger partial charge >= 0.3 is 5.97 Å². The van der Waals surface area contributed by atoms with Gasteiger partial charge in [-0.3, -0.25) is 0 Å². The lowest BCUT2D eigenvalue weighted by Gasteiger charge is -2.09. The maximum atomic E-state index is 11.8. The highest BCUT2D eigenvalue weighted by Crippen LogP contribution is 2.27. The van der Waals surface area contributed by atoms with Crippen LogP contribution in [0.1, 0.15) is 17.3 Å². The molecular formula is C12H13N3O3. The molecule has 18 heavy (non-hydrogen) atoms. The number of hydrogen-bond donors (Lipinski definition) is 1. The summed E-state index contributed by atoms with van der Waals surface area (Å²) < 4.78 is 10.2. The summed E-state index contributed by atoms with van der Waals surface area (Å²) in [5.74, 6) is 0.243. The zero-order valence-corrected chi connectivity index (χ0v) is 10.1. The van der Waals surface area contributed by atoms with Crippen molar-refractivity contribution < 1.29 is 14.3 Å². The molecule has 1 heterocycles. The van der Waals surface area contributed by atoms with Crippen molar-refractivity contribution in [1.82, 2.24) is 9.97 Å². The van der Waals surface area contributed by atoms with Gasteiger partial charge in [0.25, 0.3) is 0 Å². The highest BCUT2D eigenvalue weighted by molar-refractivity contribution is 6.05. The number of anilines is 1. The number of fused-ring (bicyclic) bond motifs is 1. The topological polar surface area (TPSA) is 87.3 Å². The third-order valence-corrected chi connectivity index (χ3v) is 2.45. The van der Waals surface area contributed by atoms with Gasteiger partial charge in [0.1, 0.15) is 11.3 Å². The summed E-state index contributed by atoms with van der Waals surface area (Å²) in [4.78, 5) is 19.8. The molecule has 0 aliphatic carbocycles. The number of aromatic nitrogens is 2. The summed E-state index contributed by atoms with van der Waals surface area (Å²) in [5, 5.41) is 0.557. The van der Waals surface area contributed by atoms with Crippen molar-refractivity contribution in [2.24, 2.45) is 0 Å². The van der Waals surface area contributed by atoms with Gasteiger partial charge in [0.15, 0.2) is 0 Å². The minimum Gasteiger partial charge on any atom is -0.494 e. The number of nitrogens with two attached hydrogens (primary N) is 1. The Labute approximate surface area is 104 Å². The van der Waals surface area contributed by atoms with E-state index < -0.39 is 5.97 Å². The number of methoxy groups -OCH3 is 1. The number of carbonyl (C=O) groups excluding carboxylic acids is 1. The van der Waals surface area contributed by atoms with E-state index in [9.17, 15) is 4.79 Å². The van der Waals surface area contributed by atoms with Crippen LogP contribution < -0.4 is 10.5 Å². The van der Waals surface area contributed by atoms with Crippen LogP contribution in [0.5, 0.6) is 5.75 Å². The number of carbonyl (C=O) groups is 1. The largest absolute Gasteiger partial charge is 0.494 e. The summed E-state index contributed by atoms with van der Waals surface area (Å²) in [6.07, 6.45) is 1.49. The standard InChI is InChI=1S/C12H13N3O3/c1-3-18-11(16)7-4-5-9(17-2)10-8(7)6-14-12(13)15-10/h4-6H,3H2,1-2H3,(H2,13,14,15). The number of benzene rings is 1. The first-order valence-electron chi connectivity index (χ1n) is 5.43. The van der Waals surface area contributed by atoms with Crippen LogP contribution in [0.2, 0.25) is 0 Å². The Morgan fingerprint density at radius 1 is 1.44 bits per heavy atom. The number of esters is 1. The second-order valence-electron chi connectivity index (χ2n) is 3.53. The van der Waals surface area contributed by atoms with Crippen molar-refractivity contribution in [3.63, 3.8) is 0 Å². The molecule has 0 amide bonds. The fourth-order valence-corrected chi connectivity index (χ4v) is 1.66. The lowest BCUT2D eigenvalue weighted by molar-refractivity contribution is 0.0528. The van der Waals surface area contributed by atoms with Crippen LogP contribution in [-0.2, 0) is 4.74 Å². The highest BCUT2D eigenvalue weighted by atomic mass is 16.5. The molecule has 0 fully saturated rings. The predicted octanol–water partition coefficient (Wildman–Crippen LogP) is 1.40. The third-order valence-electron chi connectivity index (χ3n) is 2.45. The predicted molar refractivity (Wildman–Crippen MR) is 66.5 cm³/mol. The fraction of sp³-hybridized carbons (Fsp3) is 0.250. The van der Waals surface area contributed by atoms with Crippen LogP contribution in [0.3, 0.4) is 0 Å². The van der Waals surface area contributed by atoms with Gasteiger partial charge < -0.3 is 15.2 Å². The van der Waals surface area contributed by atoms with E-state index in [0.717, 1.165) is 0 Å². The number of rotatable bonds is 3. The van der Waals surface area contributed by atoms with Crippen LogP contribution in [-0.4, -0.2) is 29.7 Å². The molecule has 0 spiro atoms. The van der Waals surface area contributed by atoms with Gasteiger partial charge in [-0.05, 0) is 19.1 Å². The van der Waals surface area contributed by atoms with Crippen molar-refractivity contribution in [3.05, 3.63) is 23.9 Å². The van der Waals surface area contributed by atoms with Crippen molar-refractivity contribution in [3.8, 4) is 5.75 Å². The van der Waals surface area contributed by atoms with E-state index in [-0.39, 0.29) is 5.95 Å². The lowest BCUT2D eigenvalue weighted by atomic mass is 10.1. The number of nitrogen functional groups attached to an aromatic ring is 1. The van der Waals surface area contributed by atoms with E-state index in [2.05, 4.69) is 9.97 Å². The molecule has 1 aromatic carbocycles. The van der Waals surface area contributed by atoms with Gasteiger partial charge in [0.05, 0.1) is 19.3 Å². The quantitative estimate of drug-likeness (QED) is 0.825. The van der Waals surface area contributed by atoms with Gasteiger partial charge in [0.2, 0.25) is 5.95 Å². The average molecular weight is 247 g/mol. The lowest BCUT2D eigenvalue weighted by Crippen LogP contribution is -2.07. The molecule has 94 valence electrons. The van der Waals surface area contributed by atoms with Gasteiger partial charge in [-0.2, -0.15) is 0 Å². The molecule has 2 rings (SSSR count). The molecule has 0 unspecified atom stereocenters. The molecule has 0 saturated carbocycles. The first-order chi connectivity index (χ1) is 8.67. The molecule has 0 bridgehead atoms. The summed E-state index contributed by atoms with van der Waals surface area (Å²) in [5.41, 5.74) is 6.43. The van der Waals surface area contributed by atoms with Gasteiger partial charge in [-0.15, -0.1) is 0 Å². The number of ether oxygens (including phenoxy) is 2. The van der Waals surface area contributed by atoms with E-state index in [1.807, 2.05) is 0 Å². The van der Waals surface area contributed by atoms with Crippen LogP contribution in [0.25, 0.3) is 10.9 Å². The molecule has 0 saturated heterocycles. The first kappa shape index (κ1) is 12.1. The normalized spacial score (nSPS) is 10.3. The van der Waals surface area contributed by atoms with Crippen molar-refractivity contribution in [2.45, 2.75) is 6.92 Å². The monoisotopic (exact) mass is 247 g/mol.